The first kappa shape index (κ1) is 24.0. The Morgan fingerprint density at radius 2 is 1.43 bits per heavy atom. The van der Waals surface area contributed by atoms with Crippen LogP contribution in [0.2, 0.25) is 0 Å². The van der Waals surface area contributed by atoms with Gasteiger partial charge >= 0.3 is 12.1 Å². The van der Waals surface area contributed by atoms with E-state index in [2.05, 4.69) is 34.9 Å². The first-order valence-electron chi connectivity index (χ1n) is 11.6. The van der Waals surface area contributed by atoms with Gasteiger partial charge in [-0.3, -0.25) is 9.59 Å². The third-order valence-electron chi connectivity index (χ3n) is 6.25. The molecule has 1 aliphatic carbocycles. The van der Waals surface area contributed by atoms with E-state index in [1.54, 1.807) is 0 Å². The van der Waals surface area contributed by atoms with E-state index < -0.39 is 30.1 Å². The van der Waals surface area contributed by atoms with E-state index in [0.29, 0.717) is 6.42 Å². The monoisotopic (exact) mass is 472 g/mol. The number of benzene rings is 3. The number of amides is 2. The number of aliphatic carboxylic acids is 1. The smallest absolute Gasteiger partial charge is 0.407 e. The van der Waals surface area contributed by atoms with Gasteiger partial charge in [-0.1, -0.05) is 78.9 Å². The minimum absolute atomic E-state index is 0.0494. The normalized spacial score (nSPS) is 13.7. The number of nitrogens with one attached hydrogen (secondary N) is 2. The maximum atomic E-state index is 12.8. The minimum atomic E-state index is -1.10. The van der Waals surface area contributed by atoms with Gasteiger partial charge in [0.15, 0.2) is 0 Å². The molecule has 4 rings (SSSR count). The summed E-state index contributed by atoms with van der Waals surface area (Å²) in [5, 5.41) is 14.3. The summed E-state index contributed by atoms with van der Waals surface area (Å²) in [6.07, 6.45) is -0.215. The Morgan fingerprint density at radius 3 is 2.03 bits per heavy atom. The Balaban J connectivity index is 1.40. The average Bonchev–Trinajstić information content (AvgIpc) is 3.19. The Morgan fingerprint density at radius 1 is 0.857 bits per heavy atom. The second-order valence-electron chi connectivity index (χ2n) is 8.60. The van der Waals surface area contributed by atoms with Gasteiger partial charge in [0.1, 0.15) is 12.6 Å². The van der Waals surface area contributed by atoms with Crippen LogP contribution in [0.3, 0.4) is 0 Å². The van der Waals surface area contributed by atoms with Crippen LogP contribution in [0, 0.1) is 0 Å². The Hall–Kier alpha value is -4.13. The lowest BCUT2D eigenvalue weighted by molar-refractivity contribution is -0.141. The van der Waals surface area contributed by atoms with Gasteiger partial charge in [0, 0.05) is 12.3 Å². The standard InChI is InChI=1S/C28H28N2O5/c1-18(27(32)33)29-26(31)16-15-25(19-9-3-2-4-10-19)30-28(34)35-17-24-22-13-7-5-11-20(22)21-12-6-8-14-23(21)24/h2-14,18,24-25H,15-17H2,1H3,(H,29,31)(H,30,34)(H,32,33)/t18-,25?/m1/s1. The quantitative estimate of drug-likeness (QED) is 0.421. The SMILES string of the molecule is C[C@@H](NC(=O)CCC(NC(=O)OCC1c2ccccc2-c2ccccc21)c1ccccc1)C(=O)O. The van der Waals surface area contributed by atoms with Gasteiger partial charge < -0.3 is 20.5 Å². The molecule has 180 valence electrons. The summed E-state index contributed by atoms with van der Waals surface area (Å²) in [6.45, 7) is 1.60. The Labute approximate surface area is 204 Å². The molecule has 0 heterocycles. The molecule has 0 bridgehead atoms. The molecule has 7 heteroatoms. The zero-order chi connectivity index (χ0) is 24.8. The number of carboxylic acids is 1. The molecule has 0 radical (unpaired) electrons. The fourth-order valence-electron chi connectivity index (χ4n) is 4.44. The molecule has 3 N–H and O–H groups in total. The number of alkyl carbamates (subject to hydrolysis) is 1. The van der Waals surface area contributed by atoms with Gasteiger partial charge in [-0.25, -0.2) is 4.79 Å². The molecule has 3 aromatic carbocycles. The van der Waals surface area contributed by atoms with Crippen LogP contribution in [-0.2, 0) is 14.3 Å². The van der Waals surface area contributed by atoms with Crippen molar-refractivity contribution >= 4 is 18.0 Å². The number of carbonyl (C=O) groups excluding carboxylic acids is 2. The number of fused-ring (bicyclic) bond motifs is 3. The largest absolute Gasteiger partial charge is 0.480 e. The van der Waals surface area contributed by atoms with E-state index in [4.69, 9.17) is 9.84 Å². The molecule has 2 atom stereocenters. The average molecular weight is 473 g/mol. The van der Waals surface area contributed by atoms with E-state index in [0.717, 1.165) is 27.8 Å². The highest BCUT2D eigenvalue weighted by Gasteiger charge is 2.29. The van der Waals surface area contributed by atoms with Crippen molar-refractivity contribution in [3.8, 4) is 11.1 Å². The zero-order valence-corrected chi connectivity index (χ0v) is 19.4. The minimum Gasteiger partial charge on any atom is -0.480 e. The lowest BCUT2D eigenvalue weighted by Crippen LogP contribution is -2.39. The summed E-state index contributed by atoms with van der Waals surface area (Å²) in [7, 11) is 0. The molecule has 2 amide bonds. The number of hydrogen-bond donors (Lipinski definition) is 3. The molecule has 1 aliphatic rings. The summed E-state index contributed by atoms with van der Waals surface area (Å²) in [5.41, 5.74) is 5.40. The van der Waals surface area contributed by atoms with Gasteiger partial charge in [-0.2, -0.15) is 0 Å². The van der Waals surface area contributed by atoms with E-state index in [9.17, 15) is 14.4 Å². The van der Waals surface area contributed by atoms with Crippen LogP contribution in [0.25, 0.3) is 11.1 Å². The van der Waals surface area contributed by atoms with Crippen LogP contribution >= 0.6 is 0 Å². The Kier molecular flexibility index (Phi) is 7.45. The van der Waals surface area contributed by atoms with Crippen molar-refractivity contribution in [1.29, 1.82) is 0 Å². The molecule has 35 heavy (non-hydrogen) atoms. The van der Waals surface area contributed by atoms with Gasteiger partial charge in [-0.05, 0) is 41.2 Å². The molecule has 0 aliphatic heterocycles. The number of rotatable bonds is 9. The van der Waals surface area contributed by atoms with Crippen molar-refractivity contribution < 1.29 is 24.2 Å². The summed E-state index contributed by atoms with van der Waals surface area (Å²) >= 11 is 0. The predicted octanol–water partition coefficient (Wildman–Crippen LogP) is 4.64. The van der Waals surface area contributed by atoms with Crippen molar-refractivity contribution in [2.24, 2.45) is 0 Å². The lowest BCUT2D eigenvalue weighted by atomic mass is 9.98. The van der Waals surface area contributed by atoms with Crippen LogP contribution in [0.5, 0.6) is 0 Å². The molecular weight excluding hydrogens is 444 g/mol. The van der Waals surface area contributed by atoms with Crippen molar-refractivity contribution in [3.05, 3.63) is 95.6 Å². The topological polar surface area (TPSA) is 105 Å². The molecule has 7 nitrogen and oxygen atoms in total. The third kappa shape index (κ3) is 5.69. The van der Waals surface area contributed by atoms with Crippen molar-refractivity contribution in [2.75, 3.05) is 6.61 Å². The molecule has 0 saturated heterocycles. The molecule has 0 saturated carbocycles. The van der Waals surface area contributed by atoms with E-state index in [1.807, 2.05) is 54.6 Å². The molecule has 1 unspecified atom stereocenters. The predicted molar refractivity (Wildman–Crippen MR) is 132 cm³/mol. The van der Waals surface area contributed by atoms with Crippen LogP contribution in [0.4, 0.5) is 4.79 Å². The van der Waals surface area contributed by atoms with E-state index >= 15 is 0 Å². The van der Waals surface area contributed by atoms with Crippen molar-refractivity contribution in [1.82, 2.24) is 10.6 Å². The summed E-state index contributed by atoms with van der Waals surface area (Å²) in [6, 6.07) is 24.1. The summed E-state index contributed by atoms with van der Waals surface area (Å²) < 4.78 is 5.67. The molecule has 0 spiro atoms. The van der Waals surface area contributed by atoms with Crippen LogP contribution in [0.15, 0.2) is 78.9 Å². The fourth-order valence-corrected chi connectivity index (χ4v) is 4.44. The summed E-state index contributed by atoms with van der Waals surface area (Å²) in [5.74, 6) is -1.54. The molecular formula is C28H28N2O5. The maximum absolute atomic E-state index is 12.8. The van der Waals surface area contributed by atoms with E-state index in [-0.39, 0.29) is 18.9 Å². The summed E-state index contributed by atoms with van der Waals surface area (Å²) in [4.78, 5) is 36.0. The van der Waals surface area contributed by atoms with Crippen molar-refractivity contribution in [2.45, 2.75) is 37.8 Å². The van der Waals surface area contributed by atoms with Gasteiger partial charge in [0.25, 0.3) is 0 Å². The molecule has 0 aromatic heterocycles. The highest BCUT2D eigenvalue weighted by molar-refractivity contribution is 5.83. The van der Waals surface area contributed by atoms with Crippen LogP contribution in [0.1, 0.15) is 48.4 Å². The van der Waals surface area contributed by atoms with Crippen LogP contribution < -0.4 is 10.6 Å². The van der Waals surface area contributed by atoms with Gasteiger partial charge in [0.2, 0.25) is 5.91 Å². The highest BCUT2D eigenvalue weighted by Crippen LogP contribution is 2.44. The number of carbonyl (C=O) groups is 3. The maximum Gasteiger partial charge on any atom is 0.407 e. The number of carboxylic acid groups (broad SMARTS) is 1. The second-order valence-corrected chi connectivity index (χ2v) is 8.60. The second kappa shape index (κ2) is 10.9. The first-order valence-corrected chi connectivity index (χ1v) is 11.6. The highest BCUT2D eigenvalue weighted by atomic mass is 16.5. The van der Waals surface area contributed by atoms with Gasteiger partial charge in [0.05, 0.1) is 6.04 Å². The zero-order valence-electron chi connectivity index (χ0n) is 19.4. The van der Waals surface area contributed by atoms with Crippen LogP contribution in [-0.4, -0.2) is 35.7 Å². The molecule has 0 fully saturated rings. The lowest BCUT2D eigenvalue weighted by Gasteiger charge is -2.20. The third-order valence-corrected chi connectivity index (χ3v) is 6.25. The Bertz CT molecular complexity index is 1170. The number of ether oxygens (including phenoxy) is 1. The van der Waals surface area contributed by atoms with Crippen molar-refractivity contribution in [3.63, 3.8) is 0 Å². The van der Waals surface area contributed by atoms with Gasteiger partial charge in [-0.15, -0.1) is 0 Å². The first-order chi connectivity index (χ1) is 16.9. The number of hydrogen-bond acceptors (Lipinski definition) is 4. The molecule has 3 aromatic rings. The fraction of sp³-hybridized carbons (Fsp3) is 0.250. The van der Waals surface area contributed by atoms with E-state index in [1.165, 1.54) is 6.92 Å².